The van der Waals surface area contributed by atoms with E-state index in [1.165, 1.54) is 11.3 Å². The van der Waals surface area contributed by atoms with Gasteiger partial charge in [0.25, 0.3) is 5.91 Å². The number of anilines is 2. The largest absolute Gasteiger partial charge is 0.378 e. The lowest BCUT2D eigenvalue weighted by molar-refractivity contribution is 0.103. The third-order valence-electron chi connectivity index (χ3n) is 4.79. The summed E-state index contributed by atoms with van der Waals surface area (Å²) >= 11 is 1.45. The standard InChI is InChI=1S/C23H22N4OS/c1-15-12-13-29-22(15)23(28)24-21-14-17(27(2)3)10-8-16(21)9-11-20-18-6-4-5-7-19(18)25-26-20/h4-14H,1-3H3,(H,24,28)(H,25,26)/b11-9+. The molecule has 0 aliphatic rings. The van der Waals surface area contributed by atoms with Crippen LogP contribution in [0.3, 0.4) is 0 Å². The summed E-state index contributed by atoms with van der Waals surface area (Å²) in [6, 6.07) is 16.0. The molecule has 6 heteroatoms. The molecule has 2 N–H and O–H groups in total. The van der Waals surface area contributed by atoms with E-state index in [0.717, 1.165) is 44.0 Å². The molecule has 2 aromatic carbocycles. The van der Waals surface area contributed by atoms with Gasteiger partial charge in [-0.1, -0.05) is 30.3 Å². The first-order valence-corrected chi connectivity index (χ1v) is 10.2. The van der Waals surface area contributed by atoms with Crippen LogP contribution in [0, 0.1) is 6.92 Å². The van der Waals surface area contributed by atoms with Crippen LogP contribution in [0.25, 0.3) is 23.1 Å². The summed E-state index contributed by atoms with van der Waals surface area (Å²) in [4.78, 5) is 15.5. The zero-order valence-corrected chi connectivity index (χ0v) is 17.4. The molecule has 29 heavy (non-hydrogen) atoms. The van der Waals surface area contributed by atoms with Crippen LogP contribution in [0.2, 0.25) is 0 Å². The highest BCUT2D eigenvalue weighted by molar-refractivity contribution is 7.12. The van der Waals surface area contributed by atoms with E-state index in [1.54, 1.807) is 0 Å². The van der Waals surface area contributed by atoms with Gasteiger partial charge in [-0.15, -0.1) is 11.3 Å². The molecule has 5 nitrogen and oxygen atoms in total. The Hall–Kier alpha value is -3.38. The van der Waals surface area contributed by atoms with Crippen molar-refractivity contribution in [3.05, 3.63) is 75.6 Å². The first-order chi connectivity index (χ1) is 14.0. The maximum absolute atomic E-state index is 12.8. The summed E-state index contributed by atoms with van der Waals surface area (Å²) in [5.74, 6) is -0.0896. The minimum Gasteiger partial charge on any atom is -0.378 e. The van der Waals surface area contributed by atoms with Gasteiger partial charge in [0.1, 0.15) is 0 Å². The number of aryl methyl sites for hydroxylation is 1. The van der Waals surface area contributed by atoms with Crippen LogP contribution in [0.15, 0.2) is 53.9 Å². The van der Waals surface area contributed by atoms with Crippen molar-refractivity contribution >= 4 is 51.7 Å². The average molecular weight is 403 g/mol. The van der Waals surface area contributed by atoms with Gasteiger partial charge in [0, 0.05) is 25.2 Å². The molecule has 0 aliphatic carbocycles. The van der Waals surface area contributed by atoms with E-state index >= 15 is 0 Å². The van der Waals surface area contributed by atoms with Crippen LogP contribution in [-0.2, 0) is 0 Å². The second kappa shape index (κ2) is 7.93. The molecule has 4 aromatic rings. The topological polar surface area (TPSA) is 61.0 Å². The highest BCUT2D eigenvalue weighted by Crippen LogP contribution is 2.27. The molecular weight excluding hydrogens is 380 g/mol. The fraction of sp³-hybridized carbons (Fsp3) is 0.130. The van der Waals surface area contributed by atoms with Crippen molar-refractivity contribution in [3.63, 3.8) is 0 Å². The Morgan fingerprint density at radius 2 is 1.97 bits per heavy atom. The molecule has 0 saturated carbocycles. The second-order valence-electron chi connectivity index (χ2n) is 7.04. The summed E-state index contributed by atoms with van der Waals surface area (Å²) < 4.78 is 0. The van der Waals surface area contributed by atoms with E-state index in [1.807, 2.05) is 92.0 Å². The minimum absolute atomic E-state index is 0.0896. The fourth-order valence-corrected chi connectivity index (χ4v) is 3.96. The van der Waals surface area contributed by atoms with Crippen molar-refractivity contribution in [2.45, 2.75) is 6.92 Å². The molecule has 2 aromatic heterocycles. The Morgan fingerprint density at radius 3 is 2.72 bits per heavy atom. The lowest BCUT2D eigenvalue weighted by atomic mass is 10.1. The average Bonchev–Trinajstić information content (AvgIpc) is 3.33. The number of rotatable bonds is 5. The summed E-state index contributed by atoms with van der Waals surface area (Å²) in [6.45, 7) is 1.95. The smallest absolute Gasteiger partial charge is 0.266 e. The minimum atomic E-state index is -0.0896. The number of thiophene rings is 1. The van der Waals surface area contributed by atoms with Crippen LogP contribution in [0.4, 0.5) is 11.4 Å². The third kappa shape index (κ3) is 3.93. The first-order valence-electron chi connectivity index (χ1n) is 9.31. The highest BCUT2D eigenvalue weighted by Gasteiger charge is 2.13. The summed E-state index contributed by atoms with van der Waals surface area (Å²) in [5, 5.41) is 13.5. The predicted octanol–water partition coefficient (Wildman–Crippen LogP) is 5.42. The molecule has 0 bridgehead atoms. The number of carbonyl (C=O) groups is 1. The molecule has 0 unspecified atom stereocenters. The maximum atomic E-state index is 12.8. The van der Waals surface area contributed by atoms with Gasteiger partial charge in [0.15, 0.2) is 0 Å². The summed E-state index contributed by atoms with van der Waals surface area (Å²) in [6.07, 6.45) is 3.95. The van der Waals surface area contributed by atoms with E-state index in [2.05, 4.69) is 15.5 Å². The van der Waals surface area contributed by atoms with Crippen LogP contribution in [0.5, 0.6) is 0 Å². The quantitative estimate of drug-likeness (QED) is 0.468. The van der Waals surface area contributed by atoms with Gasteiger partial charge < -0.3 is 10.2 Å². The van der Waals surface area contributed by atoms with E-state index < -0.39 is 0 Å². The Balaban J connectivity index is 1.69. The van der Waals surface area contributed by atoms with Gasteiger partial charge in [-0.3, -0.25) is 9.89 Å². The SMILES string of the molecule is Cc1ccsc1C(=O)Nc1cc(N(C)C)ccc1/C=C/c1n[nH]c2ccccc12. The lowest BCUT2D eigenvalue weighted by Gasteiger charge is -2.16. The molecule has 4 rings (SSSR count). The molecule has 0 saturated heterocycles. The van der Waals surface area contributed by atoms with E-state index in [9.17, 15) is 4.79 Å². The number of para-hydroxylation sites is 1. The van der Waals surface area contributed by atoms with Gasteiger partial charge in [0.05, 0.1) is 21.8 Å². The number of nitrogens with zero attached hydrogens (tertiary/aromatic N) is 2. The Kier molecular flexibility index (Phi) is 5.18. The number of aromatic nitrogens is 2. The van der Waals surface area contributed by atoms with Gasteiger partial charge in [-0.2, -0.15) is 5.10 Å². The highest BCUT2D eigenvalue weighted by atomic mass is 32.1. The zero-order chi connectivity index (χ0) is 20.4. The Morgan fingerprint density at radius 1 is 1.14 bits per heavy atom. The molecule has 0 spiro atoms. The maximum Gasteiger partial charge on any atom is 0.266 e. The number of aromatic amines is 1. The van der Waals surface area contributed by atoms with E-state index in [-0.39, 0.29) is 5.91 Å². The summed E-state index contributed by atoms with van der Waals surface area (Å²) in [7, 11) is 3.96. The number of benzene rings is 2. The molecule has 0 fully saturated rings. The number of H-pyrrole nitrogens is 1. The number of hydrogen-bond acceptors (Lipinski definition) is 4. The lowest BCUT2D eigenvalue weighted by Crippen LogP contribution is -2.14. The first kappa shape index (κ1) is 19.0. The monoisotopic (exact) mass is 402 g/mol. The summed E-state index contributed by atoms with van der Waals surface area (Å²) in [5.41, 5.74) is 5.55. The van der Waals surface area contributed by atoms with Gasteiger partial charge in [0.2, 0.25) is 0 Å². The normalized spacial score (nSPS) is 11.3. The van der Waals surface area contributed by atoms with Crippen LogP contribution in [0.1, 0.15) is 26.5 Å². The third-order valence-corrected chi connectivity index (χ3v) is 5.81. The molecule has 2 heterocycles. The molecular formula is C23H22N4OS. The molecule has 0 aliphatic heterocycles. The molecule has 0 radical (unpaired) electrons. The number of carbonyl (C=O) groups excluding carboxylic acids is 1. The molecule has 0 atom stereocenters. The molecule has 146 valence electrons. The van der Waals surface area contributed by atoms with Gasteiger partial charge in [-0.05, 0) is 53.8 Å². The van der Waals surface area contributed by atoms with Crippen LogP contribution >= 0.6 is 11.3 Å². The van der Waals surface area contributed by atoms with Crippen molar-refractivity contribution in [2.24, 2.45) is 0 Å². The van der Waals surface area contributed by atoms with Crippen LogP contribution in [-0.4, -0.2) is 30.2 Å². The van der Waals surface area contributed by atoms with Crippen molar-refractivity contribution < 1.29 is 4.79 Å². The van der Waals surface area contributed by atoms with Crippen molar-refractivity contribution in [1.29, 1.82) is 0 Å². The Bertz CT molecular complexity index is 1200. The Labute approximate surface area is 173 Å². The second-order valence-corrected chi connectivity index (χ2v) is 7.96. The van der Waals surface area contributed by atoms with E-state index in [4.69, 9.17) is 0 Å². The van der Waals surface area contributed by atoms with Crippen molar-refractivity contribution in [1.82, 2.24) is 10.2 Å². The predicted molar refractivity (Wildman–Crippen MR) is 123 cm³/mol. The van der Waals surface area contributed by atoms with Crippen molar-refractivity contribution in [2.75, 3.05) is 24.3 Å². The van der Waals surface area contributed by atoms with Gasteiger partial charge >= 0.3 is 0 Å². The van der Waals surface area contributed by atoms with E-state index in [0.29, 0.717) is 0 Å². The fourth-order valence-electron chi connectivity index (χ4n) is 3.14. The molecule has 1 amide bonds. The van der Waals surface area contributed by atoms with Crippen LogP contribution < -0.4 is 10.2 Å². The zero-order valence-electron chi connectivity index (χ0n) is 16.6. The number of nitrogens with one attached hydrogen (secondary N) is 2. The number of fused-ring (bicyclic) bond motifs is 1. The number of amides is 1. The van der Waals surface area contributed by atoms with Gasteiger partial charge in [-0.25, -0.2) is 0 Å². The van der Waals surface area contributed by atoms with Crippen molar-refractivity contribution in [3.8, 4) is 0 Å². The number of hydrogen-bond donors (Lipinski definition) is 2.